The molecule has 3 N–H and O–H groups in total. The van der Waals surface area contributed by atoms with Gasteiger partial charge in [0, 0.05) is 0 Å². The summed E-state index contributed by atoms with van der Waals surface area (Å²) in [4.78, 5) is 0. The first-order valence-electron chi connectivity index (χ1n) is 5.07. The smallest absolute Gasteiger partial charge is 0.138 e. The van der Waals surface area contributed by atoms with Crippen molar-refractivity contribution in [3.8, 4) is 5.75 Å². The standard InChI is InChI=1S/C14H13NO/c15-13-10-12(8-9-14(13)16)7-6-11-4-2-1-3-5-11/h1-10,16H,15H2/b7-6+. The Hall–Kier alpha value is -2.22. The number of phenols is 1. The van der Waals surface area contributed by atoms with Gasteiger partial charge in [-0.25, -0.2) is 0 Å². The van der Waals surface area contributed by atoms with Crippen molar-refractivity contribution in [2.24, 2.45) is 0 Å². The number of rotatable bonds is 2. The maximum absolute atomic E-state index is 9.28. The second kappa shape index (κ2) is 4.53. The number of aromatic hydroxyl groups is 1. The Bertz CT molecular complexity index is 503. The molecule has 0 saturated carbocycles. The minimum atomic E-state index is 0.122. The molecule has 2 nitrogen and oxygen atoms in total. The molecule has 0 saturated heterocycles. The molecule has 2 aromatic carbocycles. The predicted octanol–water partition coefficient (Wildman–Crippen LogP) is 3.14. The van der Waals surface area contributed by atoms with Crippen molar-refractivity contribution >= 4 is 17.8 Å². The topological polar surface area (TPSA) is 46.2 Å². The first-order valence-corrected chi connectivity index (χ1v) is 5.07. The second-order valence-corrected chi connectivity index (χ2v) is 3.56. The van der Waals surface area contributed by atoms with Crippen LogP contribution in [-0.2, 0) is 0 Å². The van der Waals surface area contributed by atoms with Crippen molar-refractivity contribution in [1.29, 1.82) is 0 Å². The van der Waals surface area contributed by atoms with Crippen LogP contribution in [-0.4, -0.2) is 5.11 Å². The van der Waals surface area contributed by atoms with E-state index in [1.54, 1.807) is 12.1 Å². The lowest BCUT2D eigenvalue weighted by Gasteiger charge is -1.99. The van der Waals surface area contributed by atoms with Crippen LogP contribution >= 0.6 is 0 Å². The Morgan fingerprint density at radius 3 is 2.25 bits per heavy atom. The van der Waals surface area contributed by atoms with E-state index in [1.807, 2.05) is 48.6 Å². The molecule has 0 heterocycles. The fourth-order valence-electron chi connectivity index (χ4n) is 1.43. The lowest BCUT2D eigenvalue weighted by Crippen LogP contribution is -1.85. The average Bonchev–Trinajstić information content (AvgIpc) is 2.32. The molecule has 80 valence electrons. The number of anilines is 1. The summed E-state index contributed by atoms with van der Waals surface area (Å²) in [6.07, 6.45) is 3.97. The number of nitrogens with two attached hydrogens (primary N) is 1. The van der Waals surface area contributed by atoms with Crippen LogP contribution in [0.3, 0.4) is 0 Å². The summed E-state index contributed by atoms with van der Waals surface area (Å²) in [5.41, 5.74) is 8.11. The zero-order valence-corrected chi connectivity index (χ0v) is 8.80. The molecule has 0 amide bonds. The van der Waals surface area contributed by atoms with Gasteiger partial charge in [-0.15, -0.1) is 0 Å². The summed E-state index contributed by atoms with van der Waals surface area (Å²) in [5.74, 6) is 0.122. The minimum absolute atomic E-state index is 0.122. The van der Waals surface area contributed by atoms with Gasteiger partial charge in [0.2, 0.25) is 0 Å². The Morgan fingerprint density at radius 1 is 0.875 bits per heavy atom. The van der Waals surface area contributed by atoms with E-state index in [2.05, 4.69) is 0 Å². The van der Waals surface area contributed by atoms with Crippen LogP contribution in [0.2, 0.25) is 0 Å². The molecule has 0 bridgehead atoms. The summed E-state index contributed by atoms with van der Waals surface area (Å²) < 4.78 is 0. The van der Waals surface area contributed by atoms with Gasteiger partial charge >= 0.3 is 0 Å². The fourth-order valence-corrected chi connectivity index (χ4v) is 1.43. The molecule has 2 rings (SSSR count). The zero-order valence-electron chi connectivity index (χ0n) is 8.80. The Kier molecular flexibility index (Phi) is 2.92. The molecule has 0 spiro atoms. The predicted molar refractivity (Wildman–Crippen MR) is 67.9 cm³/mol. The Labute approximate surface area is 94.7 Å². The van der Waals surface area contributed by atoms with Gasteiger partial charge in [-0.1, -0.05) is 48.6 Å². The molecule has 2 aromatic rings. The van der Waals surface area contributed by atoms with Crippen LogP contribution in [0.5, 0.6) is 5.75 Å². The van der Waals surface area contributed by atoms with Gasteiger partial charge in [-0.2, -0.15) is 0 Å². The van der Waals surface area contributed by atoms with E-state index in [0.717, 1.165) is 11.1 Å². The highest BCUT2D eigenvalue weighted by Crippen LogP contribution is 2.21. The third-order valence-electron chi connectivity index (χ3n) is 2.32. The highest BCUT2D eigenvalue weighted by molar-refractivity contribution is 5.72. The molecule has 0 fully saturated rings. The molecule has 2 heteroatoms. The van der Waals surface area contributed by atoms with E-state index < -0.39 is 0 Å². The van der Waals surface area contributed by atoms with Gasteiger partial charge in [-0.3, -0.25) is 0 Å². The van der Waals surface area contributed by atoms with Gasteiger partial charge in [0.1, 0.15) is 5.75 Å². The largest absolute Gasteiger partial charge is 0.506 e. The van der Waals surface area contributed by atoms with E-state index >= 15 is 0 Å². The van der Waals surface area contributed by atoms with Gasteiger partial charge in [0.05, 0.1) is 5.69 Å². The van der Waals surface area contributed by atoms with Crippen LogP contribution < -0.4 is 5.73 Å². The van der Waals surface area contributed by atoms with Crippen molar-refractivity contribution in [3.63, 3.8) is 0 Å². The summed E-state index contributed by atoms with van der Waals surface area (Å²) >= 11 is 0. The molecule has 16 heavy (non-hydrogen) atoms. The van der Waals surface area contributed by atoms with Crippen molar-refractivity contribution in [3.05, 3.63) is 59.7 Å². The normalized spacial score (nSPS) is 10.8. The monoisotopic (exact) mass is 211 g/mol. The van der Waals surface area contributed by atoms with Crippen molar-refractivity contribution < 1.29 is 5.11 Å². The Balaban J connectivity index is 2.21. The highest BCUT2D eigenvalue weighted by Gasteiger charge is 1.95. The summed E-state index contributed by atoms with van der Waals surface area (Å²) in [7, 11) is 0. The van der Waals surface area contributed by atoms with Gasteiger partial charge < -0.3 is 10.8 Å². The second-order valence-electron chi connectivity index (χ2n) is 3.56. The number of hydrogen-bond donors (Lipinski definition) is 2. The molecular weight excluding hydrogens is 198 g/mol. The van der Waals surface area contributed by atoms with Gasteiger partial charge in [0.25, 0.3) is 0 Å². The summed E-state index contributed by atoms with van der Waals surface area (Å²) in [6, 6.07) is 15.2. The molecule has 0 aliphatic carbocycles. The van der Waals surface area contributed by atoms with Crippen molar-refractivity contribution in [2.75, 3.05) is 5.73 Å². The lowest BCUT2D eigenvalue weighted by molar-refractivity contribution is 0.478. The van der Waals surface area contributed by atoms with Crippen molar-refractivity contribution in [2.45, 2.75) is 0 Å². The van der Waals surface area contributed by atoms with E-state index in [9.17, 15) is 5.11 Å². The molecule has 0 atom stereocenters. The Morgan fingerprint density at radius 2 is 1.56 bits per heavy atom. The first kappa shape index (κ1) is 10.3. The van der Waals surface area contributed by atoms with Crippen LogP contribution in [0.4, 0.5) is 5.69 Å². The minimum Gasteiger partial charge on any atom is -0.506 e. The number of nitrogen functional groups attached to an aromatic ring is 1. The average molecular weight is 211 g/mol. The van der Waals surface area contributed by atoms with Crippen LogP contribution in [0.15, 0.2) is 48.5 Å². The fraction of sp³-hybridized carbons (Fsp3) is 0. The van der Waals surface area contributed by atoms with Crippen LogP contribution in [0, 0.1) is 0 Å². The molecule has 0 aliphatic rings. The molecule has 0 radical (unpaired) electrons. The lowest BCUT2D eigenvalue weighted by atomic mass is 10.1. The third-order valence-corrected chi connectivity index (χ3v) is 2.32. The molecular formula is C14H13NO. The molecule has 0 aromatic heterocycles. The maximum Gasteiger partial charge on any atom is 0.138 e. The highest BCUT2D eigenvalue weighted by atomic mass is 16.3. The summed E-state index contributed by atoms with van der Waals surface area (Å²) in [5, 5.41) is 9.28. The zero-order chi connectivity index (χ0) is 11.4. The first-order chi connectivity index (χ1) is 7.75. The van der Waals surface area contributed by atoms with E-state index in [-0.39, 0.29) is 5.75 Å². The number of phenolic OH excluding ortho intramolecular Hbond substituents is 1. The molecule has 0 unspecified atom stereocenters. The van der Waals surface area contributed by atoms with Crippen molar-refractivity contribution in [1.82, 2.24) is 0 Å². The molecule has 0 aliphatic heterocycles. The van der Waals surface area contributed by atoms with Crippen LogP contribution in [0.25, 0.3) is 12.2 Å². The van der Waals surface area contributed by atoms with E-state index in [0.29, 0.717) is 5.69 Å². The third kappa shape index (κ3) is 2.42. The number of hydrogen-bond acceptors (Lipinski definition) is 2. The summed E-state index contributed by atoms with van der Waals surface area (Å²) in [6.45, 7) is 0. The van der Waals surface area contributed by atoms with E-state index in [1.165, 1.54) is 0 Å². The number of benzene rings is 2. The maximum atomic E-state index is 9.28. The van der Waals surface area contributed by atoms with E-state index in [4.69, 9.17) is 5.73 Å². The van der Waals surface area contributed by atoms with Crippen LogP contribution in [0.1, 0.15) is 11.1 Å². The van der Waals surface area contributed by atoms with Gasteiger partial charge in [-0.05, 0) is 23.3 Å². The van der Waals surface area contributed by atoms with Gasteiger partial charge in [0.15, 0.2) is 0 Å². The quantitative estimate of drug-likeness (QED) is 0.455. The SMILES string of the molecule is Nc1cc(/C=C/c2ccccc2)ccc1O.